The second kappa shape index (κ2) is 48.6. The van der Waals surface area contributed by atoms with Crippen LogP contribution in [0.25, 0.3) is 10.9 Å². The molecule has 135 heavy (non-hydrogen) atoms. The number of carboxylic acid groups (broad SMARTS) is 3. The molecule has 44 heteroatoms. The highest BCUT2D eigenvalue weighted by molar-refractivity contribution is 8.00. The van der Waals surface area contributed by atoms with Gasteiger partial charge in [0.2, 0.25) is 88.6 Å². The molecule has 0 aliphatic carbocycles. The Kier molecular flexibility index (Phi) is 37.7. The van der Waals surface area contributed by atoms with Crippen LogP contribution in [0.3, 0.4) is 0 Å². The summed E-state index contributed by atoms with van der Waals surface area (Å²) in [5.74, 6) is -30.5. The van der Waals surface area contributed by atoms with Crippen LogP contribution >= 0.6 is 11.8 Å². The maximum absolute atomic E-state index is 15.7. The number of aliphatic hydroxyl groups is 2. The Labute approximate surface area is 776 Å². The number of aromatic amines is 1. The number of primary amides is 1. The Balaban J connectivity index is 1.15. The van der Waals surface area contributed by atoms with Gasteiger partial charge in [0.1, 0.15) is 84.3 Å². The van der Waals surface area contributed by atoms with Gasteiger partial charge in [-0.2, -0.15) is 0 Å². The van der Waals surface area contributed by atoms with Gasteiger partial charge in [0.25, 0.3) is 0 Å². The number of nitrogens with zero attached hydrogens (tertiary/aromatic N) is 5. The summed E-state index contributed by atoms with van der Waals surface area (Å²) in [6.07, 6.45) is -8.99. The molecule has 0 radical (unpaired) electrons. The molecule has 3 saturated heterocycles. The summed E-state index contributed by atoms with van der Waals surface area (Å²) in [5, 5.41) is 86.4. The molecule has 15 amide bonds. The summed E-state index contributed by atoms with van der Waals surface area (Å²) in [6.45, 7) is 2.46. The molecular weight excluding hydrogens is 1790 g/mol. The monoisotopic (exact) mass is 1900 g/mol. The summed E-state index contributed by atoms with van der Waals surface area (Å²) in [6, 6.07) is 4.58. The fourth-order valence-corrected chi connectivity index (χ4v) is 17.0. The molecule has 0 bridgehead atoms. The van der Waals surface area contributed by atoms with Crippen LogP contribution in [-0.4, -0.2) is 310 Å². The number of hydrogen-bond donors (Lipinski definition) is 17. The second-order valence-electron chi connectivity index (χ2n) is 33.8. The number of para-hydroxylation sites is 1. The van der Waals surface area contributed by atoms with Crippen LogP contribution < -0.4 is 53.6 Å². The van der Waals surface area contributed by atoms with E-state index in [2.05, 4.69) is 52.8 Å². The van der Waals surface area contributed by atoms with E-state index in [0.717, 1.165) is 38.6 Å². The lowest BCUT2D eigenvalue weighted by molar-refractivity contribution is -0.152. The molecule has 3 fully saturated rings. The number of phenolic OH excluding ortho intramolecular Hbond substituents is 1. The third-order valence-electron chi connectivity index (χ3n) is 23.4. The summed E-state index contributed by atoms with van der Waals surface area (Å²) in [7, 11) is 3.44. The minimum absolute atomic E-state index is 0.174. The van der Waals surface area contributed by atoms with Gasteiger partial charge in [0, 0.05) is 108 Å². The number of unbranched alkanes of at least 4 members (excludes halogenated alkanes) is 1. The molecule has 726 valence electrons. The number of nitrogens with two attached hydrogens (primary N) is 1. The second-order valence-corrected chi connectivity index (χ2v) is 34.8. The van der Waals surface area contributed by atoms with Crippen LogP contribution in [0.5, 0.6) is 5.75 Å². The number of aliphatic carboxylic acids is 3. The first-order valence-electron chi connectivity index (χ1n) is 43.5. The van der Waals surface area contributed by atoms with Crippen molar-refractivity contribution in [3.63, 3.8) is 0 Å². The fraction of sp³-hybridized carbons (Fsp3) is 0.451. The van der Waals surface area contributed by atoms with E-state index in [1.807, 2.05) is 0 Å². The van der Waals surface area contributed by atoms with E-state index in [9.17, 15) is 78.2 Å². The van der Waals surface area contributed by atoms with Crippen molar-refractivity contribution in [2.45, 2.75) is 201 Å². The van der Waals surface area contributed by atoms with Crippen LogP contribution in [0.15, 0.2) is 128 Å². The first-order chi connectivity index (χ1) is 64.0. The molecule has 1 aromatic heterocycles. The number of carbonyl (C=O) groups is 18. The Morgan fingerprint density at radius 1 is 0.496 bits per heavy atom. The van der Waals surface area contributed by atoms with Crippen LogP contribution in [0, 0.1) is 23.4 Å². The van der Waals surface area contributed by atoms with E-state index < -0.39 is 322 Å². The number of aromatic hydroxyl groups is 1. The van der Waals surface area contributed by atoms with Crippen molar-refractivity contribution >= 4 is 129 Å². The third-order valence-corrected chi connectivity index (χ3v) is 24.4. The smallest absolute Gasteiger partial charge is 0.305 e. The van der Waals surface area contributed by atoms with Crippen molar-refractivity contribution in [1.29, 1.82) is 0 Å². The maximum Gasteiger partial charge on any atom is 0.305 e. The van der Waals surface area contributed by atoms with Gasteiger partial charge in [-0.1, -0.05) is 125 Å². The van der Waals surface area contributed by atoms with Crippen LogP contribution in [0.4, 0.5) is 13.2 Å². The maximum atomic E-state index is 15.7. The van der Waals surface area contributed by atoms with Gasteiger partial charge in [-0.15, -0.1) is 11.8 Å². The number of carboxylic acids is 3. The van der Waals surface area contributed by atoms with E-state index in [4.69, 9.17) is 5.73 Å². The molecule has 5 aromatic carbocycles. The van der Waals surface area contributed by atoms with Gasteiger partial charge in [-0.3, -0.25) is 86.3 Å². The number of aromatic nitrogens is 1. The lowest BCUT2D eigenvalue weighted by atomic mass is 9.98. The van der Waals surface area contributed by atoms with Crippen molar-refractivity contribution in [1.82, 2.24) is 77.3 Å². The zero-order chi connectivity index (χ0) is 98.9. The van der Waals surface area contributed by atoms with Crippen LogP contribution in [-0.2, 0) is 118 Å². The number of hydrogen-bond acceptors (Lipinski definition) is 22. The molecule has 15 atom stereocenters. The number of halogens is 3. The number of aliphatic hydroxyl groups excluding tert-OH is 2. The molecule has 0 saturated carbocycles. The van der Waals surface area contributed by atoms with Crippen LogP contribution in [0.2, 0.25) is 0 Å². The third kappa shape index (κ3) is 29.0. The molecule has 3 aliphatic rings. The van der Waals surface area contributed by atoms with Crippen molar-refractivity contribution in [3.05, 3.63) is 173 Å². The normalized spacial score (nSPS) is 24.4. The van der Waals surface area contributed by atoms with Crippen molar-refractivity contribution in [2.75, 3.05) is 52.3 Å². The summed E-state index contributed by atoms with van der Waals surface area (Å²) in [4.78, 5) is 269. The highest BCUT2D eigenvalue weighted by Gasteiger charge is 2.49. The topological polar surface area (TPSA) is 595 Å². The van der Waals surface area contributed by atoms with E-state index in [1.165, 1.54) is 51.4 Å². The predicted molar refractivity (Wildman–Crippen MR) is 477 cm³/mol. The molecule has 18 N–H and O–H groups in total. The number of amides is 15. The van der Waals surface area contributed by atoms with Gasteiger partial charge >= 0.3 is 17.9 Å². The number of likely N-dealkylation sites (N-methyl/N-ethyl adjacent to an activating group) is 3. The molecule has 40 nitrogen and oxygen atoms in total. The summed E-state index contributed by atoms with van der Waals surface area (Å²) >= 11 is 0.547. The van der Waals surface area contributed by atoms with Crippen molar-refractivity contribution in [2.24, 2.45) is 11.7 Å². The largest absolute Gasteiger partial charge is 0.508 e. The van der Waals surface area contributed by atoms with Gasteiger partial charge in [-0.25, -0.2) is 13.2 Å². The predicted octanol–water partition coefficient (Wildman–Crippen LogP) is -0.904. The summed E-state index contributed by atoms with van der Waals surface area (Å²) < 4.78 is 45.1. The van der Waals surface area contributed by atoms with Gasteiger partial charge in [0.15, 0.2) is 17.5 Å². The average molecular weight is 1900 g/mol. The molecular formula is C91H111F3N16O24S. The lowest BCUT2D eigenvalue weighted by Crippen LogP contribution is -2.62. The van der Waals surface area contributed by atoms with Gasteiger partial charge in [0.05, 0.1) is 37.3 Å². The van der Waals surface area contributed by atoms with Crippen molar-refractivity contribution < 1.29 is 130 Å². The SMILES string of the molecule is CCCC[C@H]1C(=O)N2C[C@H](O)C[C@@H]2C(=O)N[C@@H](CC(=O)O)C(=O)N[C@@H](C(C)C)C(=O)N(C)[C@@H](Cc2ccccc2)C(=O)N[C@@H](CC(=O)O)C(=O)N2C[C@H](O)C[C@@H]2C(=O)N[C@@H](Cc2c[nH]c3ccccc23)C(=O)N[C@@H](Cc2ccc(O)cc2)C(=O)N[C@@H](CCC(=O)O)C(=O)N[C@H](C(=O)NCC(N)=O)CSCC(=O)N[C@@H](Cc2cc(F)c(F)c(F)c2)C(=O)N(C)[C@@H](Cc2ccccc2)C(=O)N1C. The fourth-order valence-electron chi connectivity index (χ4n) is 16.2. The minimum atomic E-state index is -2.14. The van der Waals surface area contributed by atoms with Gasteiger partial charge in [-0.05, 0) is 76.9 Å². The molecule has 0 spiro atoms. The quantitative estimate of drug-likeness (QED) is 0.0326. The summed E-state index contributed by atoms with van der Waals surface area (Å²) in [5.41, 5.74) is 6.80. The molecule has 4 heterocycles. The van der Waals surface area contributed by atoms with E-state index in [1.54, 1.807) is 91.9 Å². The Bertz CT molecular complexity index is 5330. The first-order valence-corrected chi connectivity index (χ1v) is 44.7. The van der Waals surface area contributed by atoms with E-state index in [0.29, 0.717) is 57.9 Å². The minimum Gasteiger partial charge on any atom is -0.508 e. The average Bonchev–Trinajstić information content (AvgIpc) is 1.69. The molecule has 3 aliphatic heterocycles. The highest BCUT2D eigenvalue weighted by atomic mass is 32.2. The zero-order valence-electron chi connectivity index (χ0n) is 74.7. The number of thioether (sulfide) groups is 1. The first kappa shape index (κ1) is 105. The standard InChI is InChI=1S/C91H111F3N16O24S/c1-7-8-23-67-90(133)110-44-55(113)38-70(110)86(129)102-63(39-75(118)119)83(126)105-78(47(2)3)91(134)107(5)68(34-48-17-11-9-12-18-48)84(127)103-65(40-76(120)121)88(131)109-43-54(112)37-69(109)85(128)101-62(36-52-41-96-59-22-16-15-21-56(52)59)82(125)100-61(32-50-24-26-53(111)27-25-50)81(124)99-60(28-29-74(116)117)80(123)104-66(79(122)97-42-72(95)114)45-135-46-73(115)98-64(33-51-30-57(92)77(94)58(93)31-51)87(130)108(6)71(89(132)106(67)4)35-49-19-13-10-14-20-49/h9-22,24-27,30-31,41,47,54-55,60-71,78,96,111-113H,7-8,23,28-29,32-40,42-46H2,1-6H3,(H2,95,114)(H,97,122)(H,98,115)(H,99,124)(H,100,125)(H,101,128)(H,102,129)(H,103,127)(H,104,123)(H,105,126)(H,116,117)(H,118,119)(H,120,121)/t54-,55-,60+,61+,62+,63+,64+,65+,66+,67+,68+,69-,70-,71+,78+/m1/s1. The molecule has 6 aromatic rings. The Morgan fingerprint density at radius 3 is 1.56 bits per heavy atom. The lowest BCUT2D eigenvalue weighted by Gasteiger charge is -2.38. The zero-order valence-corrected chi connectivity index (χ0v) is 75.5. The van der Waals surface area contributed by atoms with Gasteiger partial charge < -0.3 is 114 Å². The number of H-pyrrole nitrogens is 1. The van der Waals surface area contributed by atoms with E-state index >= 15 is 51.9 Å². The van der Waals surface area contributed by atoms with E-state index in [-0.39, 0.29) is 30.6 Å². The Hall–Kier alpha value is -14.0. The van der Waals surface area contributed by atoms with Crippen molar-refractivity contribution in [3.8, 4) is 5.75 Å². The highest BCUT2D eigenvalue weighted by Crippen LogP contribution is 2.29. The number of benzene rings is 5. The number of fused-ring (bicyclic) bond motifs is 3. The molecule has 0 unspecified atom stereocenters. The number of carbonyl (C=O) groups excluding carboxylic acids is 15. The van der Waals surface area contributed by atoms with Crippen LogP contribution in [0.1, 0.15) is 106 Å². The molecule has 9 rings (SSSR count). The number of rotatable bonds is 24. The number of nitrogens with one attached hydrogen (secondary N) is 10. The number of phenols is 1. The Morgan fingerprint density at radius 2 is 0.985 bits per heavy atom.